The quantitative estimate of drug-likeness (QED) is 0.302. The van der Waals surface area contributed by atoms with Crippen molar-refractivity contribution < 1.29 is 23.5 Å². The molecule has 184 valence electrons. The summed E-state index contributed by atoms with van der Waals surface area (Å²) >= 11 is 0. The Morgan fingerprint density at radius 2 is 2.00 bits per heavy atom. The number of carbonyl (C=O) groups excluding carboxylic acids is 2. The van der Waals surface area contributed by atoms with Crippen LogP contribution in [0.5, 0.6) is 11.5 Å². The van der Waals surface area contributed by atoms with Crippen LogP contribution in [-0.2, 0) is 10.2 Å². The van der Waals surface area contributed by atoms with Gasteiger partial charge in [-0.15, -0.1) is 0 Å². The number of allylic oxidation sites excluding steroid dienone is 2. The number of aldehydes is 1. The van der Waals surface area contributed by atoms with E-state index in [0.29, 0.717) is 36.8 Å². The van der Waals surface area contributed by atoms with Crippen molar-refractivity contribution >= 4 is 17.8 Å². The number of para-hydroxylation sites is 1. The molecule has 0 saturated carbocycles. The number of rotatable bonds is 4. The van der Waals surface area contributed by atoms with E-state index in [1.807, 2.05) is 18.2 Å². The van der Waals surface area contributed by atoms with Gasteiger partial charge in [0.1, 0.15) is 25.4 Å². The first-order valence-electron chi connectivity index (χ1n) is 13.1. The topological polar surface area (TPSA) is 64.6 Å². The molecule has 4 heterocycles. The van der Waals surface area contributed by atoms with Crippen molar-refractivity contribution in [2.75, 3.05) is 38.2 Å². The molecule has 1 spiro atoms. The van der Waals surface area contributed by atoms with Crippen LogP contribution in [-0.4, -0.2) is 55.4 Å². The van der Waals surface area contributed by atoms with Gasteiger partial charge in [-0.3, -0.25) is 9.59 Å². The number of piperidine rings is 1. The highest BCUT2D eigenvalue weighted by Gasteiger charge is 2.68. The number of benzene rings is 2. The third-order valence-electron chi connectivity index (χ3n) is 9.39. The summed E-state index contributed by atoms with van der Waals surface area (Å²) in [6, 6.07) is 14.4. The molecule has 0 amide bonds. The van der Waals surface area contributed by atoms with Crippen LogP contribution in [0, 0.1) is 5.92 Å². The van der Waals surface area contributed by atoms with Crippen molar-refractivity contribution in [3.8, 4) is 11.5 Å². The number of Topliss-reactive ketones (excluding diaryl/α,β-unsaturated/α-hetero) is 1. The zero-order valence-electron chi connectivity index (χ0n) is 20.6. The average Bonchev–Trinajstić information content (AvgIpc) is 3.31. The first kappa shape index (κ1) is 21.9. The smallest absolute Gasteiger partial charge is 0.217 e. The van der Waals surface area contributed by atoms with Crippen LogP contribution in [0.4, 0.5) is 5.69 Å². The number of quaternary nitrogens is 1. The molecule has 4 atom stereocenters. The molecular formula is C30H31N2O4+. The molecule has 0 radical (unpaired) electrons. The van der Waals surface area contributed by atoms with Gasteiger partial charge >= 0.3 is 0 Å². The van der Waals surface area contributed by atoms with Gasteiger partial charge in [0.05, 0.1) is 25.2 Å². The number of carbonyl (C=O) groups is 2. The maximum Gasteiger partial charge on any atom is 0.217 e. The summed E-state index contributed by atoms with van der Waals surface area (Å²) in [6.07, 6.45) is 5.94. The minimum Gasteiger partial charge on any atom is -0.490 e. The van der Waals surface area contributed by atoms with E-state index in [1.54, 1.807) is 0 Å². The number of hydrogen-bond donors (Lipinski definition) is 1. The van der Waals surface area contributed by atoms with Crippen molar-refractivity contribution in [3.63, 3.8) is 0 Å². The summed E-state index contributed by atoms with van der Waals surface area (Å²) in [5.41, 5.74) is 6.12. The largest absolute Gasteiger partial charge is 0.490 e. The Morgan fingerprint density at radius 3 is 2.83 bits per heavy atom. The third kappa shape index (κ3) is 2.82. The third-order valence-corrected chi connectivity index (χ3v) is 9.39. The van der Waals surface area contributed by atoms with Gasteiger partial charge in [-0.2, -0.15) is 0 Å². The Balaban J connectivity index is 1.31. The fraction of sp³-hybridized carbons (Fsp3) is 0.400. The summed E-state index contributed by atoms with van der Waals surface area (Å²) in [4.78, 5) is 26.3. The molecule has 0 unspecified atom stereocenters. The minimum absolute atomic E-state index is 0.125. The lowest BCUT2D eigenvalue weighted by molar-refractivity contribution is -0.934. The standard InChI is InChI=1S/C30H30N2O4/c1-2-19-16-32(17-25(34)20-8-9-26-27(14-20)36-13-5-12-35-26)11-10-30-23-6-3-4-7-24(23)31-29(30)22(18-33)21(19)15-28(30)32/h2-4,6-9,14,18,21,28H,5,10-13,15-17H2,1H3/p+1/b19-2-/t21-,28-,30+,32+/m0/s1. The number of anilines is 1. The lowest BCUT2D eigenvalue weighted by Gasteiger charge is -2.53. The molecule has 2 fully saturated rings. The Morgan fingerprint density at radius 1 is 1.17 bits per heavy atom. The van der Waals surface area contributed by atoms with E-state index in [9.17, 15) is 9.59 Å². The monoisotopic (exact) mass is 483 g/mol. The lowest BCUT2D eigenvalue weighted by Crippen LogP contribution is -2.64. The van der Waals surface area contributed by atoms with Gasteiger partial charge in [0.15, 0.2) is 11.5 Å². The second kappa shape index (κ2) is 7.81. The van der Waals surface area contributed by atoms with Crippen LogP contribution in [0.15, 0.2) is 65.4 Å². The number of ketones is 1. The second-order valence-corrected chi connectivity index (χ2v) is 10.9. The van der Waals surface area contributed by atoms with Gasteiger partial charge < -0.3 is 19.3 Å². The van der Waals surface area contributed by atoms with Crippen molar-refractivity contribution in [3.05, 3.63) is 76.5 Å². The van der Waals surface area contributed by atoms with Crippen LogP contribution in [0.25, 0.3) is 0 Å². The molecule has 1 N–H and O–H groups in total. The van der Waals surface area contributed by atoms with Gasteiger partial charge in [0.2, 0.25) is 5.78 Å². The van der Waals surface area contributed by atoms with Crippen LogP contribution in [0.3, 0.4) is 0 Å². The summed E-state index contributed by atoms with van der Waals surface area (Å²) in [5.74, 6) is 1.64. The number of hydrogen-bond acceptors (Lipinski definition) is 5. The van der Waals surface area contributed by atoms with Crippen LogP contribution >= 0.6 is 0 Å². The number of nitrogens with one attached hydrogen (secondary N) is 1. The number of nitrogens with zero attached hydrogens (tertiary/aromatic N) is 1. The first-order chi connectivity index (χ1) is 17.6. The molecule has 2 bridgehead atoms. The molecule has 6 heteroatoms. The summed E-state index contributed by atoms with van der Waals surface area (Å²) in [7, 11) is 0. The van der Waals surface area contributed by atoms with E-state index >= 15 is 0 Å². The maximum atomic E-state index is 13.9. The molecule has 5 aliphatic rings. The molecule has 2 aromatic rings. The Kier molecular flexibility index (Phi) is 4.74. The molecule has 0 aromatic heterocycles. The lowest BCUT2D eigenvalue weighted by atomic mass is 9.61. The number of fused-ring (bicyclic) bond motifs is 3. The van der Waals surface area contributed by atoms with Gasteiger partial charge in [0, 0.05) is 47.7 Å². The highest BCUT2D eigenvalue weighted by atomic mass is 16.5. The first-order valence-corrected chi connectivity index (χ1v) is 13.1. The Labute approximate surface area is 211 Å². The van der Waals surface area contributed by atoms with E-state index in [1.165, 1.54) is 11.1 Å². The predicted octanol–water partition coefficient (Wildman–Crippen LogP) is 4.42. The maximum absolute atomic E-state index is 13.9. The number of ether oxygens (including phenoxy) is 2. The fourth-order valence-electron chi connectivity index (χ4n) is 7.84. The highest BCUT2D eigenvalue weighted by molar-refractivity contribution is 5.97. The fourth-order valence-corrected chi connectivity index (χ4v) is 7.84. The molecule has 7 rings (SSSR count). The molecule has 2 aromatic carbocycles. The molecule has 4 aliphatic heterocycles. The van der Waals surface area contributed by atoms with E-state index in [-0.39, 0.29) is 23.2 Å². The molecule has 6 nitrogen and oxygen atoms in total. The Bertz CT molecular complexity index is 1360. The van der Waals surface area contributed by atoms with E-state index in [2.05, 4.69) is 42.6 Å². The molecule has 2 saturated heterocycles. The molecular weight excluding hydrogens is 452 g/mol. The summed E-state index contributed by atoms with van der Waals surface area (Å²) in [6.45, 7) is 5.47. The van der Waals surface area contributed by atoms with Crippen molar-refractivity contribution in [2.45, 2.75) is 37.6 Å². The summed E-state index contributed by atoms with van der Waals surface area (Å²) < 4.78 is 12.4. The predicted molar refractivity (Wildman–Crippen MR) is 136 cm³/mol. The SMILES string of the molecule is C/C=C1/C[N@@+]2(CC(=O)c3ccc4c(c3)OCCCO4)CC[C@]34C(=C(C=O)[C@H]1C[C@@H]32)Nc1ccccc14. The Hall–Kier alpha value is -3.38. The van der Waals surface area contributed by atoms with Gasteiger partial charge in [-0.1, -0.05) is 24.3 Å². The van der Waals surface area contributed by atoms with Gasteiger partial charge in [0.25, 0.3) is 0 Å². The average molecular weight is 484 g/mol. The summed E-state index contributed by atoms with van der Waals surface area (Å²) in [5, 5.41) is 3.67. The van der Waals surface area contributed by atoms with E-state index in [0.717, 1.165) is 60.1 Å². The van der Waals surface area contributed by atoms with Gasteiger partial charge in [-0.25, -0.2) is 0 Å². The zero-order valence-corrected chi connectivity index (χ0v) is 20.6. The van der Waals surface area contributed by atoms with E-state index in [4.69, 9.17) is 9.47 Å². The van der Waals surface area contributed by atoms with Crippen molar-refractivity contribution in [1.82, 2.24) is 0 Å². The minimum atomic E-state index is -0.229. The van der Waals surface area contributed by atoms with Crippen LogP contribution in [0.1, 0.15) is 42.1 Å². The van der Waals surface area contributed by atoms with Gasteiger partial charge in [-0.05, 0) is 42.3 Å². The zero-order chi connectivity index (χ0) is 24.5. The van der Waals surface area contributed by atoms with Crippen LogP contribution < -0.4 is 14.8 Å². The molecule has 1 aliphatic carbocycles. The van der Waals surface area contributed by atoms with E-state index < -0.39 is 0 Å². The van der Waals surface area contributed by atoms with Crippen molar-refractivity contribution in [1.29, 1.82) is 0 Å². The normalized spacial score (nSPS) is 32.4. The van der Waals surface area contributed by atoms with Crippen molar-refractivity contribution in [2.24, 2.45) is 5.92 Å². The molecule has 36 heavy (non-hydrogen) atoms. The van der Waals surface area contributed by atoms with Crippen LogP contribution in [0.2, 0.25) is 0 Å². The second-order valence-electron chi connectivity index (χ2n) is 10.9. The highest BCUT2D eigenvalue weighted by Crippen LogP contribution is 2.63.